The van der Waals surface area contributed by atoms with Crippen molar-refractivity contribution in [2.24, 2.45) is 22.4 Å². The Morgan fingerprint density at radius 3 is 2.17 bits per heavy atom. The van der Waals surface area contributed by atoms with Gasteiger partial charge in [0, 0.05) is 11.5 Å². The Morgan fingerprint density at radius 1 is 0.900 bits per heavy atom. The van der Waals surface area contributed by atoms with Crippen LogP contribution in [0.15, 0.2) is 89.4 Å². The number of guanidine groups is 1. The molecule has 0 radical (unpaired) electrons. The van der Waals surface area contributed by atoms with Gasteiger partial charge in [0.2, 0.25) is 6.23 Å². The highest BCUT2D eigenvalue weighted by Crippen LogP contribution is 2.44. The highest BCUT2D eigenvalue weighted by atomic mass is 32.2. The van der Waals surface area contributed by atoms with Crippen LogP contribution >= 0.6 is 0 Å². The number of rotatable bonds is 4. The Balaban J connectivity index is 1.60. The van der Waals surface area contributed by atoms with Crippen LogP contribution in [0.2, 0.25) is 0 Å². The quantitative estimate of drug-likeness (QED) is 0.137. The molecule has 5 aliphatic rings. The van der Waals surface area contributed by atoms with Gasteiger partial charge in [-0.1, -0.05) is 54.6 Å². The molecule has 7 N–H and O–H groups in total. The van der Waals surface area contributed by atoms with Crippen molar-refractivity contribution in [3.8, 4) is 11.5 Å². The number of aliphatic hydroxyl groups excluding tert-OH is 1. The highest BCUT2D eigenvalue weighted by molar-refractivity contribution is 7.86. The second kappa shape index (κ2) is 11.3. The Bertz CT molecular complexity index is 1500. The molecule has 0 saturated heterocycles. The summed E-state index contributed by atoms with van der Waals surface area (Å²) in [5.74, 6) is -0.298. The molecule has 8 rings (SSSR count). The minimum atomic E-state index is -4.45. The maximum Gasteiger partial charge on any atom is 0.268 e. The molecule has 40 heavy (non-hydrogen) atoms. The van der Waals surface area contributed by atoms with Crippen molar-refractivity contribution < 1.29 is 27.9 Å². The summed E-state index contributed by atoms with van der Waals surface area (Å²) in [7, 11) is -4.45. The van der Waals surface area contributed by atoms with Crippen molar-refractivity contribution in [2.75, 3.05) is 0 Å². The number of nitrogens with zero attached hydrogens (tertiary/aromatic N) is 1. The molecule has 0 amide bonds. The lowest BCUT2D eigenvalue weighted by atomic mass is 9.73. The van der Waals surface area contributed by atoms with Crippen molar-refractivity contribution in [1.29, 1.82) is 0 Å². The number of nitrogens with two attached hydrogens (primary N) is 2. The van der Waals surface area contributed by atoms with E-state index in [0.717, 1.165) is 11.1 Å². The van der Waals surface area contributed by atoms with E-state index >= 15 is 0 Å². The molecule has 4 aliphatic heterocycles. The lowest BCUT2D eigenvalue weighted by Gasteiger charge is -2.36. The smallest absolute Gasteiger partial charge is 0.268 e. The summed E-state index contributed by atoms with van der Waals surface area (Å²) in [6.45, 7) is 0. The van der Waals surface area contributed by atoms with Crippen molar-refractivity contribution in [3.63, 3.8) is 0 Å². The van der Waals surface area contributed by atoms with E-state index in [1.807, 2.05) is 42.5 Å². The summed E-state index contributed by atoms with van der Waals surface area (Å²) in [5.41, 5.74) is 15.1. The zero-order valence-electron chi connectivity index (χ0n) is 21.8. The fourth-order valence-corrected chi connectivity index (χ4v) is 6.82. The van der Waals surface area contributed by atoms with Crippen LogP contribution in [0.1, 0.15) is 59.8 Å². The van der Waals surface area contributed by atoms with E-state index in [1.165, 1.54) is 12.1 Å². The highest BCUT2D eigenvalue weighted by Gasteiger charge is 2.39. The maximum atomic E-state index is 12.9. The first-order valence-corrected chi connectivity index (χ1v) is 14.7. The molecule has 0 saturated carbocycles. The number of aryl methyl sites for hydroxylation is 1. The number of benzene rings is 3. The third-order valence-corrected chi connectivity index (χ3v) is 9.11. The molecule has 0 unspecified atom stereocenters. The topological polar surface area (TPSA) is 168 Å². The van der Waals surface area contributed by atoms with Gasteiger partial charge in [0.15, 0.2) is 5.96 Å². The van der Waals surface area contributed by atoms with Crippen molar-refractivity contribution in [2.45, 2.75) is 49.2 Å². The van der Waals surface area contributed by atoms with Gasteiger partial charge in [0.05, 0.1) is 5.25 Å². The molecular formula is C30H33N3O6S. The largest absolute Gasteiger partial charge is 0.508 e. The van der Waals surface area contributed by atoms with E-state index in [9.17, 15) is 23.2 Å². The van der Waals surface area contributed by atoms with Gasteiger partial charge in [-0.05, 0) is 78.1 Å². The molecule has 4 bridgehead atoms. The third kappa shape index (κ3) is 6.14. The Kier molecular flexibility index (Phi) is 7.84. The number of aliphatic imine (C=N–C) groups is 1. The lowest BCUT2D eigenvalue weighted by Crippen LogP contribution is -2.35. The maximum absolute atomic E-state index is 12.9. The molecule has 0 spiro atoms. The molecule has 0 aromatic heterocycles. The van der Waals surface area contributed by atoms with Crippen LogP contribution in [0.4, 0.5) is 0 Å². The summed E-state index contributed by atoms with van der Waals surface area (Å²) >= 11 is 0. The number of ether oxygens (including phenoxy) is 1. The van der Waals surface area contributed by atoms with Crippen molar-refractivity contribution >= 4 is 16.1 Å². The van der Waals surface area contributed by atoms with E-state index in [0.29, 0.717) is 41.7 Å². The average Bonchev–Trinajstić information content (AvgIpc) is 2.93. The molecule has 5 atom stereocenters. The number of aromatic hydroxyl groups is 1. The zero-order chi connectivity index (χ0) is 28.4. The first-order chi connectivity index (χ1) is 19.1. The van der Waals surface area contributed by atoms with Crippen LogP contribution in [0, 0.1) is 5.92 Å². The van der Waals surface area contributed by atoms with Gasteiger partial charge in [-0.25, -0.2) is 4.99 Å². The fraction of sp³-hybridized carbons (Fsp3) is 0.300. The van der Waals surface area contributed by atoms with Crippen LogP contribution in [-0.4, -0.2) is 34.4 Å². The Hall–Kier alpha value is -3.86. The van der Waals surface area contributed by atoms with E-state index in [-0.39, 0.29) is 24.0 Å². The van der Waals surface area contributed by atoms with E-state index < -0.39 is 33.6 Å². The second-order valence-electron chi connectivity index (χ2n) is 10.4. The number of aliphatic hydroxyl groups is 1. The minimum absolute atomic E-state index is 0.0888. The van der Waals surface area contributed by atoms with Gasteiger partial charge in [-0.3, -0.25) is 4.55 Å². The second-order valence-corrected chi connectivity index (χ2v) is 12.0. The van der Waals surface area contributed by atoms with Gasteiger partial charge >= 0.3 is 0 Å². The summed E-state index contributed by atoms with van der Waals surface area (Å²) in [6.07, 6.45) is 1.79. The fourth-order valence-electron chi connectivity index (χ4n) is 5.74. The Morgan fingerprint density at radius 2 is 1.55 bits per heavy atom. The summed E-state index contributed by atoms with van der Waals surface area (Å²) in [6, 6.07) is 21.0. The molecule has 210 valence electrons. The molecule has 9 nitrogen and oxygen atoms in total. The first kappa shape index (κ1) is 27.7. The lowest BCUT2D eigenvalue weighted by molar-refractivity contribution is 0.203. The molecule has 3 aromatic carbocycles. The molecular weight excluding hydrogens is 530 g/mol. The van der Waals surface area contributed by atoms with Crippen molar-refractivity contribution in [3.05, 3.63) is 107 Å². The van der Waals surface area contributed by atoms with Crippen LogP contribution < -0.4 is 16.2 Å². The standard InChI is InChI=1S/C30H33N3O6S/c31-30(32)33-29-21-6-4-19(5-7-21)25-15-10-22(28(35)20-8-11-23(34)12-9-20)17-26(25)27(40(36,37)38)16-3-18-1-13-24(39-29)14-2-18/h1-2,4-9,11-14,17,25-29,34-35H,3,10,15-16H2,(H4,31,32,33)(H,36,37,38)/t25-,26-,27-,28+,29+/m1/s1. The van der Waals surface area contributed by atoms with Crippen LogP contribution in [-0.2, 0) is 16.5 Å². The molecule has 0 fully saturated rings. The minimum Gasteiger partial charge on any atom is -0.508 e. The zero-order valence-corrected chi connectivity index (χ0v) is 22.6. The summed E-state index contributed by atoms with van der Waals surface area (Å²) in [5, 5.41) is 19.7. The predicted molar refractivity (Wildman–Crippen MR) is 152 cm³/mol. The van der Waals surface area contributed by atoms with Gasteiger partial charge in [0.1, 0.15) is 17.6 Å². The molecule has 4 heterocycles. The summed E-state index contributed by atoms with van der Waals surface area (Å²) in [4.78, 5) is 4.25. The number of hydrogen-bond acceptors (Lipinski definition) is 6. The van der Waals surface area contributed by atoms with E-state index in [2.05, 4.69) is 4.99 Å². The van der Waals surface area contributed by atoms with Crippen LogP contribution in [0.25, 0.3) is 0 Å². The normalized spacial score (nSPS) is 23.6. The van der Waals surface area contributed by atoms with Gasteiger partial charge in [-0.2, -0.15) is 8.42 Å². The van der Waals surface area contributed by atoms with Gasteiger partial charge < -0.3 is 26.4 Å². The number of phenols is 1. The first-order valence-electron chi connectivity index (χ1n) is 13.2. The van der Waals surface area contributed by atoms with Crippen LogP contribution in [0.3, 0.4) is 0 Å². The van der Waals surface area contributed by atoms with Crippen LogP contribution in [0.5, 0.6) is 11.5 Å². The molecule has 1 aliphatic carbocycles. The number of allylic oxidation sites excluding steroid dienone is 1. The van der Waals surface area contributed by atoms with E-state index in [4.69, 9.17) is 16.2 Å². The van der Waals surface area contributed by atoms with Gasteiger partial charge in [0.25, 0.3) is 10.1 Å². The predicted octanol–water partition coefficient (Wildman–Crippen LogP) is 4.10. The SMILES string of the molecule is NC(N)=N[C@H]1Oc2ccc(cc2)CC[C@@H](S(=O)(=O)O)[C@@H]2C=C([C@@H](O)c3ccc(O)cc3)CC[C@@H]2c2ccc1cc2. The third-order valence-electron chi connectivity index (χ3n) is 7.79. The molecule has 3 aromatic rings. The molecule has 10 heteroatoms. The van der Waals surface area contributed by atoms with Crippen molar-refractivity contribution in [1.82, 2.24) is 0 Å². The number of phenolic OH excluding ortho intramolecular Hbond substituents is 1. The monoisotopic (exact) mass is 563 g/mol. The van der Waals surface area contributed by atoms with Gasteiger partial charge in [-0.15, -0.1) is 0 Å². The summed E-state index contributed by atoms with van der Waals surface area (Å²) < 4.78 is 42.2. The Labute approximate surface area is 233 Å². The number of hydrogen-bond donors (Lipinski definition) is 5. The average molecular weight is 564 g/mol. The van der Waals surface area contributed by atoms with E-state index in [1.54, 1.807) is 24.3 Å².